The molecule has 2 saturated heterocycles. The van der Waals surface area contributed by atoms with Crippen LogP contribution in [0, 0.1) is 12.8 Å². The monoisotopic (exact) mass is 474 g/mol. The van der Waals surface area contributed by atoms with Crippen LogP contribution < -0.4 is 24.2 Å². The number of hydrogen-bond donors (Lipinski definition) is 0. The molecule has 0 bridgehead atoms. The van der Waals surface area contributed by atoms with Gasteiger partial charge < -0.3 is 14.2 Å². The second-order valence-electron chi connectivity index (χ2n) is 8.38. The van der Waals surface area contributed by atoms with Gasteiger partial charge in [-0.15, -0.1) is 0 Å². The van der Waals surface area contributed by atoms with E-state index in [2.05, 4.69) is 0 Å². The first kappa shape index (κ1) is 22.7. The molecule has 35 heavy (non-hydrogen) atoms. The highest BCUT2D eigenvalue weighted by atomic mass is 16.7. The lowest BCUT2D eigenvalue weighted by Crippen LogP contribution is -2.37. The number of hydroxylamine groups is 1. The topological polar surface area (TPSA) is 77.5 Å². The third-order valence-corrected chi connectivity index (χ3v) is 6.54. The van der Waals surface area contributed by atoms with Crippen molar-refractivity contribution in [3.05, 3.63) is 77.9 Å². The molecule has 0 saturated carbocycles. The van der Waals surface area contributed by atoms with Gasteiger partial charge in [-0.05, 0) is 42.8 Å². The molecule has 0 unspecified atom stereocenters. The number of methoxy groups -OCH3 is 3. The van der Waals surface area contributed by atoms with Crippen molar-refractivity contribution in [1.29, 1.82) is 0 Å². The Morgan fingerprint density at radius 1 is 0.771 bits per heavy atom. The number of nitrogens with zero attached hydrogens (tertiary/aromatic N) is 2. The number of rotatable bonds is 6. The van der Waals surface area contributed by atoms with Crippen LogP contribution in [0.15, 0.2) is 66.7 Å². The summed E-state index contributed by atoms with van der Waals surface area (Å²) < 4.78 is 16.8. The highest BCUT2D eigenvalue weighted by Crippen LogP contribution is 2.52. The van der Waals surface area contributed by atoms with E-state index in [1.165, 1.54) is 19.1 Å². The van der Waals surface area contributed by atoms with E-state index in [0.717, 1.165) is 5.56 Å². The maximum Gasteiger partial charge on any atom is 0.266 e. The van der Waals surface area contributed by atoms with Gasteiger partial charge in [-0.25, -0.2) is 9.96 Å². The Bertz CT molecular complexity index is 1280. The molecule has 2 aliphatic heterocycles. The number of benzene rings is 3. The van der Waals surface area contributed by atoms with Crippen molar-refractivity contribution in [2.45, 2.75) is 19.1 Å². The number of ether oxygens (including phenoxy) is 3. The summed E-state index contributed by atoms with van der Waals surface area (Å²) in [5.41, 5.74) is 2.75. The van der Waals surface area contributed by atoms with Gasteiger partial charge in [-0.1, -0.05) is 36.4 Å². The average molecular weight is 475 g/mol. The molecular weight excluding hydrogens is 448 g/mol. The van der Waals surface area contributed by atoms with E-state index < -0.39 is 24.0 Å². The van der Waals surface area contributed by atoms with Crippen LogP contribution in [-0.4, -0.2) is 39.2 Å². The van der Waals surface area contributed by atoms with E-state index in [4.69, 9.17) is 19.0 Å². The number of aryl methyl sites for hydroxylation is 1. The Morgan fingerprint density at radius 2 is 1.46 bits per heavy atom. The molecular formula is C27H26N2O6. The quantitative estimate of drug-likeness (QED) is 0.499. The summed E-state index contributed by atoms with van der Waals surface area (Å²) in [6.07, 6.45) is -0.981. The first-order chi connectivity index (χ1) is 17.0. The van der Waals surface area contributed by atoms with Crippen molar-refractivity contribution in [1.82, 2.24) is 0 Å². The van der Waals surface area contributed by atoms with Gasteiger partial charge in [0, 0.05) is 5.56 Å². The van der Waals surface area contributed by atoms with Crippen molar-refractivity contribution < 1.29 is 28.6 Å². The molecule has 0 spiro atoms. The minimum absolute atomic E-state index is 0.324. The second kappa shape index (κ2) is 8.96. The van der Waals surface area contributed by atoms with Crippen molar-refractivity contribution in [2.24, 2.45) is 5.92 Å². The molecule has 0 aliphatic carbocycles. The summed E-state index contributed by atoms with van der Waals surface area (Å²) in [7, 11) is 4.60. The van der Waals surface area contributed by atoms with Crippen LogP contribution in [0.3, 0.4) is 0 Å². The molecule has 2 fully saturated rings. The predicted octanol–water partition coefficient (Wildman–Crippen LogP) is 4.07. The van der Waals surface area contributed by atoms with Crippen LogP contribution >= 0.6 is 0 Å². The van der Waals surface area contributed by atoms with Crippen molar-refractivity contribution in [2.75, 3.05) is 31.3 Å². The SMILES string of the molecule is COc1ccc([C@H]2[C@H]3C(=O)N(c4ccccc4C)C(=O)[C@H]3ON2c2ccccc2)c(OC)c1OC. The Hall–Kier alpha value is -4.04. The molecule has 0 radical (unpaired) electrons. The predicted molar refractivity (Wildman–Crippen MR) is 130 cm³/mol. The first-order valence-corrected chi connectivity index (χ1v) is 11.2. The molecule has 5 rings (SSSR count). The van der Waals surface area contributed by atoms with Crippen LogP contribution in [0.1, 0.15) is 17.2 Å². The van der Waals surface area contributed by atoms with Crippen molar-refractivity contribution >= 4 is 23.2 Å². The molecule has 180 valence electrons. The van der Waals surface area contributed by atoms with Crippen LogP contribution in [0.25, 0.3) is 0 Å². The maximum atomic E-state index is 13.9. The van der Waals surface area contributed by atoms with Gasteiger partial charge in [-0.3, -0.25) is 14.4 Å². The lowest BCUT2D eigenvalue weighted by molar-refractivity contribution is -0.126. The molecule has 3 atom stereocenters. The fourth-order valence-corrected chi connectivity index (χ4v) is 4.94. The number of anilines is 2. The second-order valence-corrected chi connectivity index (χ2v) is 8.38. The number of carbonyl (C=O) groups is 2. The van der Waals surface area contributed by atoms with Gasteiger partial charge in [0.1, 0.15) is 12.0 Å². The van der Waals surface area contributed by atoms with Crippen LogP contribution in [-0.2, 0) is 14.4 Å². The molecule has 3 aromatic carbocycles. The number of carbonyl (C=O) groups excluding carboxylic acids is 2. The third-order valence-electron chi connectivity index (χ3n) is 6.54. The minimum Gasteiger partial charge on any atom is -0.493 e. The third kappa shape index (κ3) is 3.49. The number of hydrogen-bond acceptors (Lipinski definition) is 7. The highest BCUT2D eigenvalue weighted by molar-refractivity contribution is 6.24. The summed E-state index contributed by atoms with van der Waals surface area (Å²) >= 11 is 0. The van der Waals surface area contributed by atoms with Gasteiger partial charge in [0.15, 0.2) is 17.6 Å². The van der Waals surface area contributed by atoms with E-state index in [0.29, 0.717) is 34.2 Å². The van der Waals surface area contributed by atoms with Crippen molar-refractivity contribution in [3.63, 3.8) is 0 Å². The zero-order valence-corrected chi connectivity index (χ0v) is 19.9. The van der Waals surface area contributed by atoms with E-state index >= 15 is 0 Å². The zero-order valence-electron chi connectivity index (χ0n) is 19.9. The Kier molecular flexibility index (Phi) is 5.82. The summed E-state index contributed by atoms with van der Waals surface area (Å²) in [5.74, 6) is -0.209. The van der Waals surface area contributed by atoms with Crippen LogP contribution in [0.2, 0.25) is 0 Å². The number of fused-ring (bicyclic) bond motifs is 1. The zero-order chi connectivity index (χ0) is 24.7. The molecule has 3 aromatic rings. The Labute approximate surface area is 203 Å². The molecule has 2 aliphatic rings. The molecule has 8 heteroatoms. The van der Waals surface area contributed by atoms with Crippen molar-refractivity contribution in [3.8, 4) is 17.2 Å². The lowest BCUT2D eigenvalue weighted by Gasteiger charge is -2.30. The largest absolute Gasteiger partial charge is 0.493 e. The number of para-hydroxylation sites is 2. The molecule has 2 amide bonds. The highest BCUT2D eigenvalue weighted by Gasteiger charge is 2.61. The van der Waals surface area contributed by atoms with E-state index in [1.807, 2.05) is 61.5 Å². The van der Waals surface area contributed by atoms with E-state index in [-0.39, 0.29) is 5.91 Å². The van der Waals surface area contributed by atoms with E-state index in [9.17, 15) is 9.59 Å². The Balaban J connectivity index is 1.67. The standard InChI is InChI=1S/C27H26N2O6/c1-16-10-8-9-13-19(16)28-26(30)21-22(18-14-15-20(32-2)24(34-4)23(18)33-3)29(35-25(21)27(28)31)17-11-6-5-7-12-17/h5-15,21-22,25H,1-4H3/t21-,22+,25+/m1/s1. The Morgan fingerprint density at radius 3 is 2.11 bits per heavy atom. The molecule has 8 nitrogen and oxygen atoms in total. The van der Waals surface area contributed by atoms with Gasteiger partial charge in [-0.2, -0.15) is 0 Å². The van der Waals surface area contributed by atoms with Gasteiger partial charge in [0.05, 0.1) is 32.7 Å². The van der Waals surface area contributed by atoms with Crippen LogP contribution in [0.5, 0.6) is 17.2 Å². The minimum atomic E-state index is -0.981. The molecule has 2 heterocycles. The maximum absolute atomic E-state index is 13.9. The van der Waals surface area contributed by atoms with Crippen LogP contribution in [0.4, 0.5) is 11.4 Å². The molecule has 0 aromatic heterocycles. The van der Waals surface area contributed by atoms with Gasteiger partial charge >= 0.3 is 0 Å². The van der Waals surface area contributed by atoms with E-state index in [1.54, 1.807) is 24.3 Å². The lowest BCUT2D eigenvalue weighted by atomic mass is 9.89. The van der Waals surface area contributed by atoms with Gasteiger partial charge in [0.2, 0.25) is 11.7 Å². The summed E-state index contributed by atoms with van der Waals surface area (Å²) in [6.45, 7) is 1.87. The normalized spacial score (nSPS) is 21.3. The number of amides is 2. The fraction of sp³-hybridized carbons (Fsp3) is 0.259. The average Bonchev–Trinajstić information content (AvgIpc) is 3.39. The number of imide groups is 1. The summed E-state index contributed by atoms with van der Waals surface area (Å²) in [6, 6.07) is 19.6. The molecule has 0 N–H and O–H groups in total. The smallest absolute Gasteiger partial charge is 0.266 e. The first-order valence-electron chi connectivity index (χ1n) is 11.2. The summed E-state index contributed by atoms with van der Waals surface area (Å²) in [4.78, 5) is 34.9. The van der Waals surface area contributed by atoms with Gasteiger partial charge in [0.25, 0.3) is 5.91 Å². The fourth-order valence-electron chi connectivity index (χ4n) is 4.94. The summed E-state index contributed by atoms with van der Waals surface area (Å²) in [5, 5.41) is 1.63.